The molecule has 6 nitrogen and oxygen atoms in total. The maximum atomic E-state index is 12.2. The van der Waals surface area contributed by atoms with E-state index in [4.69, 9.17) is 4.74 Å². The van der Waals surface area contributed by atoms with Crippen molar-refractivity contribution < 1.29 is 17.9 Å². The molecular formula is C17H28N2O4S. The predicted molar refractivity (Wildman–Crippen MR) is 96.9 cm³/mol. The van der Waals surface area contributed by atoms with Crippen LogP contribution in [-0.4, -0.2) is 38.8 Å². The van der Waals surface area contributed by atoms with Gasteiger partial charge in [-0.3, -0.25) is 9.10 Å². The molecular weight excluding hydrogens is 328 g/mol. The Bertz CT molecular complexity index is 663. The second-order valence-electron chi connectivity index (χ2n) is 7.02. The number of anilines is 1. The quantitative estimate of drug-likeness (QED) is 0.814. The summed E-state index contributed by atoms with van der Waals surface area (Å²) in [4.78, 5) is 12.0. The van der Waals surface area contributed by atoms with E-state index in [1.807, 2.05) is 34.6 Å². The van der Waals surface area contributed by atoms with Crippen molar-refractivity contribution in [3.63, 3.8) is 0 Å². The molecule has 0 atom stereocenters. The molecule has 136 valence electrons. The molecule has 1 aromatic rings. The lowest BCUT2D eigenvalue weighted by molar-refractivity contribution is -0.122. The number of sulfonamides is 1. The third kappa shape index (κ3) is 6.78. The smallest absolute Gasteiger partial charge is 0.232 e. The SMILES string of the molecule is CC(C)Oc1ccccc1N(CCC(=O)NC(C)(C)C)S(C)(=O)=O. The molecule has 24 heavy (non-hydrogen) atoms. The van der Waals surface area contributed by atoms with Crippen molar-refractivity contribution in [1.29, 1.82) is 0 Å². The highest BCUT2D eigenvalue weighted by molar-refractivity contribution is 7.92. The van der Waals surface area contributed by atoms with E-state index in [-0.39, 0.29) is 30.5 Å². The number of carbonyl (C=O) groups excluding carboxylic acids is 1. The molecule has 0 spiro atoms. The van der Waals surface area contributed by atoms with Gasteiger partial charge in [-0.1, -0.05) is 12.1 Å². The summed E-state index contributed by atoms with van der Waals surface area (Å²) in [5.41, 5.74) is 0.0864. The molecule has 1 N–H and O–H groups in total. The highest BCUT2D eigenvalue weighted by Gasteiger charge is 2.23. The van der Waals surface area contributed by atoms with Crippen LogP contribution in [0.3, 0.4) is 0 Å². The first-order valence-corrected chi connectivity index (χ1v) is 9.79. The fraction of sp³-hybridized carbons (Fsp3) is 0.588. The molecule has 0 heterocycles. The van der Waals surface area contributed by atoms with E-state index in [0.717, 1.165) is 6.26 Å². The lowest BCUT2D eigenvalue weighted by Crippen LogP contribution is -2.42. The number of nitrogens with one attached hydrogen (secondary N) is 1. The van der Waals surface area contributed by atoms with E-state index < -0.39 is 10.0 Å². The summed E-state index contributed by atoms with van der Waals surface area (Å²) in [6, 6.07) is 6.94. The van der Waals surface area contributed by atoms with Crippen molar-refractivity contribution in [2.24, 2.45) is 0 Å². The molecule has 0 fully saturated rings. The minimum absolute atomic E-state index is 0.0548. The lowest BCUT2D eigenvalue weighted by Gasteiger charge is -2.26. The Labute approximate surface area is 145 Å². The van der Waals surface area contributed by atoms with Crippen molar-refractivity contribution in [2.75, 3.05) is 17.1 Å². The summed E-state index contributed by atoms with van der Waals surface area (Å²) in [7, 11) is -3.54. The van der Waals surface area contributed by atoms with Crippen molar-refractivity contribution in [1.82, 2.24) is 5.32 Å². The topological polar surface area (TPSA) is 75.7 Å². The summed E-state index contributed by atoms with van der Waals surface area (Å²) in [5, 5.41) is 2.83. The second kappa shape index (κ2) is 7.88. The molecule has 0 saturated heterocycles. The van der Waals surface area contributed by atoms with Gasteiger partial charge in [-0.15, -0.1) is 0 Å². The molecule has 0 saturated carbocycles. The largest absolute Gasteiger partial charge is 0.489 e. The highest BCUT2D eigenvalue weighted by Crippen LogP contribution is 2.30. The first-order chi connectivity index (χ1) is 10.9. The Hall–Kier alpha value is -1.76. The number of hydrogen-bond acceptors (Lipinski definition) is 4. The zero-order valence-electron chi connectivity index (χ0n) is 15.3. The van der Waals surface area contributed by atoms with Gasteiger partial charge in [-0.25, -0.2) is 8.42 Å². The average molecular weight is 356 g/mol. The first kappa shape index (κ1) is 20.3. The predicted octanol–water partition coefficient (Wildman–Crippen LogP) is 2.54. The first-order valence-electron chi connectivity index (χ1n) is 7.94. The maximum Gasteiger partial charge on any atom is 0.232 e. The molecule has 0 aliphatic rings. The van der Waals surface area contributed by atoms with E-state index in [0.29, 0.717) is 11.4 Å². The van der Waals surface area contributed by atoms with Crippen LogP contribution in [0.5, 0.6) is 5.75 Å². The van der Waals surface area contributed by atoms with Gasteiger partial charge in [-0.2, -0.15) is 0 Å². The molecule has 0 aliphatic heterocycles. The average Bonchev–Trinajstić information content (AvgIpc) is 2.36. The molecule has 0 radical (unpaired) electrons. The minimum atomic E-state index is -3.54. The number of nitrogens with zero attached hydrogens (tertiary/aromatic N) is 1. The normalized spacial score (nSPS) is 12.1. The lowest BCUT2D eigenvalue weighted by atomic mass is 10.1. The molecule has 1 aromatic carbocycles. The van der Waals surface area contributed by atoms with E-state index in [1.54, 1.807) is 24.3 Å². The van der Waals surface area contributed by atoms with Crippen LogP contribution in [0.2, 0.25) is 0 Å². The van der Waals surface area contributed by atoms with Crippen LogP contribution in [-0.2, 0) is 14.8 Å². The van der Waals surface area contributed by atoms with Crippen LogP contribution < -0.4 is 14.4 Å². The fourth-order valence-electron chi connectivity index (χ4n) is 2.17. The van der Waals surface area contributed by atoms with E-state index in [1.165, 1.54) is 4.31 Å². The molecule has 1 amide bonds. The zero-order chi connectivity index (χ0) is 18.5. The summed E-state index contributed by atoms with van der Waals surface area (Å²) >= 11 is 0. The Morgan fingerprint density at radius 3 is 2.33 bits per heavy atom. The maximum absolute atomic E-state index is 12.2. The third-order valence-corrected chi connectivity index (χ3v) is 4.13. The second-order valence-corrected chi connectivity index (χ2v) is 8.92. The van der Waals surface area contributed by atoms with Crippen molar-refractivity contribution in [3.05, 3.63) is 24.3 Å². The Balaban J connectivity index is 3.02. The number of rotatable bonds is 7. The molecule has 7 heteroatoms. The van der Waals surface area contributed by atoms with Crippen LogP contribution in [0.25, 0.3) is 0 Å². The van der Waals surface area contributed by atoms with E-state index in [9.17, 15) is 13.2 Å². The highest BCUT2D eigenvalue weighted by atomic mass is 32.2. The van der Waals surface area contributed by atoms with Gasteiger partial charge in [0.25, 0.3) is 0 Å². The van der Waals surface area contributed by atoms with Gasteiger partial charge >= 0.3 is 0 Å². The molecule has 0 aromatic heterocycles. The number of benzene rings is 1. The van der Waals surface area contributed by atoms with Gasteiger partial charge < -0.3 is 10.1 Å². The van der Waals surface area contributed by atoms with Gasteiger partial charge in [0, 0.05) is 18.5 Å². The molecule has 0 bridgehead atoms. The third-order valence-electron chi connectivity index (χ3n) is 2.95. The summed E-state index contributed by atoms with van der Waals surface area (Å²) < 4.78 is 31.3. The summed E-state index contributed by atoms with van der Waals surface area (Å²) in [5.74, 6) is 0.285. The van der Waals surface area contributed by atoms with E-state index in [2.05, 4.69) is 5.32 Å². The monoisotopic (exact) mass is 356 g/mol. The van der Waals surface area contributed by atoms with Crippen LogP contribution in [0.15, 0.2) is 24.3 Å². The van der Waals surface area contributed by atoms with Crippen LogP contribution in [0.4, 0.5) is 5.69 Å². The number of hydrogen-bond donors (Lipinski definition) is 1. The Kier molecular flexibility index (Phi) is 6.66. The van der Waals surface area contributed by atoms with Gasteiger partial charge in [0.05, 0.1) is 18.0 Å². The van der Waals surface area contributed by atoms with Crippen LogP contribution in [0.1, 0.15) is 41.0 Å². The van der Waals surface area contributed by atoms with E-state index >= 15 is 0 Å². The summed E-state index contributed by atoms with van der Waals surface area (Å²) in [6.07, 6.45) is 1.11. The molecule has 0 unspecified atom stereocenters. The van der Waals surface area contributed by atoms with Crippen molar-refractivity contribution >= 4 is 21.6 Å². The molecule has 0 aliphatic carbocycles. The summed E-state index contributed by atoms with van der Waals surface area (Å²) in [6.45, 7) is 9.44. The van der Waals surface area contributed by atoms with Crippen LogP contribution >= 0.6 is 0 Å². The van der Waals surface area contributed by atoms with Crippen molar-refractivity contribution in [2.45, 2.75) is 52.7 Å². The number of carbonyl (C=O) groups is 1. The fourth-order valence-corrected chi connectivity index (χ4v) is 3.10. The van der Waals surface area contributed by atoms with Gasteiger partial charge in [0.1, 0.15) is 5.75 Å². The molecule has 1 rings (SSSR count). The Morgan fingerprint density at radius 2 is 1.83 bits per heavy atom. The van der Waals surface area contributed by atoms with Gasteiger partial charge in [-0.05, 0) is 46.8 Å². The number of para-hydroxylation sites is 2. The standard InChI is InChI=1S/C17H28N2O4S/c1-13(2)23-15-10-8-7-9-14(15)19(24(6,21)22)12-11-16(20)18-17(3,4)5/h7-10,13H,11-12H2,1-6H3,(H,18,20). The van der Waals surface area contributed by atoms with Gasteiger partial charge in [0.2, 0.25) is 15.9 Å². The van der Waals surface area contributed by atoms with Crippen molar-refractivity contribution in [3.8, 4) is 5.75 Å². The van der Waals surface area contributed by atoms with Gasteiger partial charge in [0.15, 0.2) is 0 Å². The Morgan fingerprint density at radius 1 is 1.25 bits per heavy atom. The zero-order valence-corrected chi connectivity index (χ0v) is 16.1. The number of amides is 1. The number of ether oxygens (including phenoxy) is 1. The minimum Gasteiger partial charge on any atom is -0.489 e. The van der Waals surface area contributed by atoms with Crippen LogP contribution in [0, 0.1) is 0 Å².